The number of imidazole rings is 1. The van der Waals surface area contributed by atoms with E-state index in [1.54, 1.807) is 0 Å². The van der Waals surface area contributed by atoms with Gasteiger partial charge in [-0.3, -0.25) is 9.37 Å². The van der Waals surface area contributed by atoms with Crippen LogP contribution in [0.25, 0.3) is 59.7 Å². The van der Waals surface area contributed by atoms with Gasteiger partial charge in [0.25, 0.3) is 0 Å². The molecule has 8 heteroatoms. The number of nitrogens with zero attached hydrogens (tertiary/aromatic N) is 4. The van der Waals surface area contributed by atoms with Gasteiger partial charge in [0, 0.05) is 42.7 Å². The van der Waals surface area contributed by atoms with Gasteiger partial charge in [-0.25, -0.2) is 4.98 Å². The van der Waals surface area contributed by atoms with Crippen molar-refractivity contribution in [1.82, 2.24) is 19.5 Å². The summed E-state index contributed by atoms with van der Waals surface area (Å²) in [6.45, 7) is 10.6. The van der Waals surface area contributed by atoms with E-state index in [1.165, 1.54) is 38.5 Å². The Morgan fingerprint density at radius 3 is 2.23 bits per heavy atom. The number of fused-ring (bicyclic) bond motifs is 4. The van der Waals surface area contributed by atoms with Gasteiger partial charge in [-0.15, -0.1) is 12.1 Å². The number of aryl methyl sites for hydroxylation is 3. The summed E-state index contributed by atoms with van der Waals surface area (Å²) in [5.41, 5.74) is 10.5. The summed E-state index contributed by atoms with van der Waals surface area (Å²) in [7, 11) is 0. The Kier molecular flexibility index (Phi) is 11.0. The average molecular weight is 942 g/mol. The minimum atomic E-state index is -1.72. The Morgan fingerprint density at radius 2 is 1.58 bits per heavy atom. The standard InChI is InChI=1S/C30H25FN3S.C14H16GeN.Ir/c1-16(2)23-13-11-20-26-22(31)12-10-21(28(26)35-30(20)33-23)29-32-24-8-6-7-9-25(24)34(29)27-18(4)14-17(3)15-19(27)5;1-15(2,3)13-9-10-14(16-11-13)12-7-5-4-6-8-12;/h6-9,11-16H,1-5H3;4-7,9-11H,1-3H3;/q2*-1;. The topological polar surface area (TPSA) is 43.6 Å². The summed E-state index contributed by atoms with van der Waals surface area (Å²) in [5.74, 6) is 7.93. The summed E-state index contributed by atoms with van der Waals surface area (Å²) >= 11 is -0.198. The molecule has 8 aromatic rings. The van der Waals surface area contributed by atoms with Crippen molar-refractivity contribution in [3.8, 4) is 28.3 Å². The zero-order valence-electron chi connectivity index (χ0n) is 30.7. The van der Waals surface area contributed by atoms with Crippen LogP contribution >= 0.6 is 11.3 Å². The third kappa shape index (κ3) is 7.29. The molecule has 0 aliphatic carbocycles. The first-order chi connectivity index (χ1) is 24.4. The van der Waals surface area contributed by atoms with Gasteiger partial charge in [0.05, 0.1) is 16.9 Å². The van der Waals surface area contributed by atoms with Crippen molar-refractivity contribution in [2.75, 3.05) is 0 Å². The maximum Gasteiger partial charge on any atom is 0 e. The van der Waals surface area contributed by atoms with Crippen LogP contribution in [0.3, 0.4) is 0 Å². The van der Waals surface area contributed by atoms with Gasteiger partial charge in [0.2, 0.25) is 0 Å². The van der Waals surface area contributed by atoms with E-state index in [4.69, 9.17) is 9.97 Å². The molecule has 4 aromatic heterocycles. The number of aromatic nitrogens is 4. The molecule has 0 aliphatic rings. The molecule has 52 heavy (non-hydrogen) atoms. The van der Waals surface area contributed by atoms with Crippen LogP contribution in [0.1, 0.15) is 42.1 Å². The van der Waals surface area contributed by atoms with E-state index in [2.05, 4.69) is 104 Å². The van der Waals surface area contributed by atoms with Crippen molar-refractivity contribution in [3.05, 3.63) is 138 Å². The van der Waals surface area contributed by atoms with Gasteiger partial charge < -0.3 is 4.57 Å². The first kappa shape index (κ1) is 37.7. The Labute approximate surface area is 325 Å². The Bertz CT molecular complexity index is 2510. The van der Waals surface area contributed by atoms with Crippen molar-refractivity contribution in [2.24, 2.45) is 0 Å². The number of hydrogen-bond donors (Lipinski definition) is 0. The molecule has 0 saturated carbocycles. The Hall–Kier alpha value is -4.01. The van der Waals surface area contributed by atoms with Crippen LogP contribution in [0.4, 0.5) is 4.39 Å². The fourth-order valence-electron chi connectivity index (χ4n) is 6.66. The van der Waals surface area contributed by atoms with Gasteiger partial charge in [-0.2, -0.15) is 11.3 Å². The normalized spacial score (nSPS) is 11.6. The third-order valence-corrected chi connectivity index (χ3v) is 14.6. The molecule has 0 atom stereocenters. The monoisotopic (exact) mass is 943 g/mol. The molecule has 0 fully saturated rings. The van der Waals surface area contributed by atoms with E-state index in [0.29, 0.717) is 11.3 Å². The number of para-hydroxylation sites is 2. The molecule has 265 valence electrons. The summed E-state index contributed by atoms with van der Waals surface area (Å²) < 4.78 is 19.7. The maximum absolute atomic E-state index is 15.2. The molecule has 0 N–H and O–H groups in total. The van der Waals surface area contributed by atoms with Crippen LogP contribution in [-0.4, -0.2) is 32.8 Å². The SMILES string of the molecule is Cc1cc(C)c(-n2c(-c3[c-]cc(F)c4c3sc3nc(C(C)C)ccc34)nc3ccccc32)c(C)c1.[CH3][Ge]([CH3])([CH3])[c]1ccc(-c2[c-]cccc2)nc1.[Ir]. The Morgan fingerprint density at radius 1 is 0.846 bits per heavy atom. The van der Waals surface area contributed by atoms with Crippen LogP contribution in [0, 0.1) is 38.7 Å². The van der Waals surface area contributed by atoms with Crippen LogP contribution in [-0.2, 0) is 20.1 Å². The van der Waals surface area contributed by atoms with Gasteiger partial charge >= 0.3 is 99.8 Å². The summed E-state index contributed by atoms with van der Waals surface area (Å²) in [6.07, 6.45) is 2.04. The van der Waals surface area contributed by atoms with Gasteiger partial charge in [-0.1, -0.05) is 55.3 Å². The maximum atomic E-state index is 15.2. The summed E-state index contributed by atoms with van der Waals surface area (Å²) in [4.78, 5) is 15.3. The minimum absolute atomic E-state index is 0. The van der Waals surface area contributed by atoms with E-state index in [-0.39, 0.29) is 25.9 Å². The molecular weight excluding hydrogens is 900 g/mol. The van der Waals surface area contributed by atoms with Crippen molar-refractivity contribution in [3.63, 3.8) is 0 Å². The Balaban J connectivity index is 0.000000230. The van der Waals surface area contributed by atoms with E-state index in [9.17, 15) is 0 Å². The van der Waals surface area contributed by atoms with Crippen LogP contribution in [0.15, 0.2) is 97.2 Å². The van der Waals surface area contributed by atoms with E-state index >= 15 is 4.39 Å². The fourth-order valence-corrected chi connectivity index (χ4v) is 10.0. The van der Waals surface area contributed by atoms with Crippen molar-refractivity contribution in [1.29, 1.82) is 0 Å². The largest absolute Gasteiger partial charge is 0 e. The third-order valence-electron chi connectivity index (χ3n) is 9.24. The zero-order valence-corrected chi connectivity index (χ0v) is 36.0. The molecule has 1 radical (unpaired) electrons. The first-order valence-electron chi connectivity index (χ1n) is 17.3. The predicted octanol–water partition coefficient (Wildman–Crippen LogP) is 11.5. The quantitative estimate of drug-likeness (QED) is 0.128. The number of thiophene rings is 1. The van der Waals surface area contributed by atoms with Gasteiger partial charge in [-0.05, 0) is 66.1 Å². The molecule has 0 amide bonds. The average Bonchev–Trinajstić information content (AvgIpc) is 3.68. The molecule has 0 unspecified atom stereocenters. The second-order valence-corrected chi connectivity index (χ2v) is 26.2. The second-order valence-electron chi connectivity index (χ2n) is 14.5. The molecule has 4 heterocycles. The molecule has 0 bridgehead atoms. The van der Waals surface area contributed by atoms with Crippen molar-refractivity contribution in [2.45, 2.75) is 57.8 Å². The predicted molar refractivity (Wildman–Crippen MR) is 216 cm³/mol. The van der Waals surface area contributed by atoms with Crippen molar-refractivity contribution < 1.29 is 24.5 Å². The second kappa shape index (κ2) is 15.2. The molecule has 0 saturated heterocycles. The number of halogens is 1. The molecule has 0 aliphatic heterocycles. The van der Waals surface area contributed by atoms with Crippen LogP contribution < -0.4 is 4.40 Å². The van der Waals surface area contributed by atoms with E-state index < -0.39 is 13.3 Å². The van der Waals surface area contributed by atoms with Crippen LogP contribution in [0.5, 0.6) is 0 Å². The molecule has 4 aromatic carbocycles. The number of benzene rings is 4. The fraction of sp³-hybridized carbons (Fsp3) is 0.205. The number of rotatable bonds is 5. The van der Waals surface area contributed by atoms with Gasteiger partial charge in [0.15, 0.2) is 0 Å². The van der Waals surface area contributed by atoms with Gasteiger partial charge in [0.1, 0.15) is 4.83 Å². The number of hydrogen-bond acceptors (Lipinski definition) is 4. The molecule has 4 nitrogen and oxygen atoms in total. The van der Waals surface area contributed by atoms with E-state index in [0.717, 1.165) is 60.0 Å². The summed E-state index contributed by atoms with van der Waals surface area (Å²) in [5, 5.41) is 1.44. The zero-order chi connectivity index (χ0) is 36.0. The molecule has 8 rings (SSSR count). The smallest absolute Gasteiger partial charge is 0 e. The molecule has 0 spiro atoms. The van der Waals surface area contributed by atoms with E-state index in [1.807, 2.05) is 60.8 Å². The molecular formula is C44H41FGeIrN4S-2. The van der Waals surface area contributed by atoms with Crippen LogP contribution in [0.2, 0.25) is 17.3 Å². The first-order valence-corrected chi connectivity index (χ1v) is 25.5. The number of pyridine rings is 2. The summed E-state index contributed by atoms with van der Waals surface area (Å²) in [6, 6.07) is 36.7. The van der Waals surface area contributed by atoms with Crippen molar-refractivity contribution >= 4 is 60.3 Å². The minimum Gasteiger partial charge on any atom is 0 e.